The van der Waals surface area contributed by atoms with Crippen molar-refractivity contribution in [3.8, 4) is 5.75 Å². The lowest BCUT2D eigenvalue weighted by molar-refractivity contribution is -0.134. The van der Waals surface area contributed by atoms with Crippen LogP contribution >= 0.6 is 0 Å². The summed E-state index contributed by atoms with van der Waals surface area (Å²) < 4.78 is 12.0. The first-order chi connectivity index (χ1) is 19.4. The third-order valence-electron chi connectivity index (χ3n) is 8.21. The maximum Gasteiger partial charge on any atom is 0.289 e. The summed E-state index contributed by atoms with van der Waals surface area (Å²) in [5.74, 6) is 1.78. The zero-order valence-electron chi connectivity index (χ0n) is 23.1. The van der Waals surface area contributed by atoms with Gasteiger partial charge in [-0.1, -0.05) is 35.9 Å². The van der Waals surface area contributed by atoms with E-state index in [2.05, 4.69) is 48.2 Å². The summed E-state index contributed by atoms with van der Waals surface area (Å²) in [7, 11) is 0. The van der Waals surface area contributed by atoms with E-state index in [1.165, 1.54) is 11.1 Å². The van der Waals surface area contributed by atoms with E-state index < -0.39 is 0 Å². The second kappa shape index (κ2) is 10.8. The van der Waals surface area contributed by atoms with Gasteiger partial charge >= 0.3 is 0 Å². The number of fused-ring (bicyclic) bond motifs is 1. The Morgan fingerprint density at radius 3 is 2.33 bits per heavy atom. The molecule has 2 aromatic carbocycles. The van der Waals surface area contributed by atoms with Crippen LogP contribution in [0.3, 0.4) is 0 Å². The fourth-order valence-corrected chi connectivity index (χ4v) is 5.70. The number of aryl methyl sites for hydroxylation is 1. The van der Waals surface area contributed by atoms with Crippen molar-refractivity contribution in [2.24, 2.45) is 5.92 Å². The van der Waals surface area contributed by atoms with Gasteiger partial charge in [-0.05, 0) is 67.1 Å². The fourth-order valence-electron chi connectivity index (χ4n) is 5.70. The van der Waals surface area contributed by atoms with Crippen molar-refractivity contribution in [2.45, 2.75) is 45.8 Å². The Labute approximate surface area is 234 Å². The first kappa shape index (κ1) is 26.2. The molecule has 1 atom stereocenters. The molecule has 3 aromatic rings. The molecular weight excluding hydrogens is 506 g/mol. The van der Waals surface area contributed by atoms with Crippen LogP contribution in [0.5, 0.6) is 5.75 Å². The lowest BCUT2D eigenvalue weighted by Crippen LogP contribution is -2.50. The van der Waals surface area contributed by atoms with E-state index in [4.69, 9.17) is 9.15 Å². The summed E-state index contributed by atoms with van der Waals surface area (Å²) in [6, 6.07) is 17.9. The minimum Gasteiger partial charge on any atom is -0.486 e. The van der Waals surface area contributed by atoms with Gasteiger partial charge < -0.3 is 23.9 Å². The van der Waals surface area contributed by atoms with Crippen molar-refractivity contribution in [3.05, 3.63) is 88.4 Å². The monoisotopic (exact) mass is 541 g/mol. The highest BCUT2D eigenvalue weighted by molar-refractivity contribution is 5.91. The van der Waals surface area contributed by atoms with E-state index in [0.717, 1.165) is 30.4 Å². The third-order valence-corrected chi connectivity index (χ3v) is 8.21. The summed E-state index contributed by atoms with van der Waals surface area (Å²) in [6.45, 7) is 6.56. The van der Waals surface area contributed by atoms with Crippen molar-refractivity contribution in [1.29, 1.82) is 0 Å². The first-order valence-electron chi connectivity index (χ1n) is 14.1. The second-order valence-electron chi connectivity index (χ2n) is 11.1. The van der Waals surface area contributed by atoms with Crippen molar-refractivity contribution in [2.75, 3.05) is 32.7 Å². The van der Waals surface area contributed by atoms with Crippen LogP contribution in [0.2, 0.25) is 0 Å². The van der Waals surface area contributed by atoms with Crippen molar-refractivity contribution in [1.82, 2.24) is 14.7 Å². The molecule has 6 rings (SSSR count). The van der Waals surface area contributed by atoms with Crippen LogP contribution in [0.15, 0.2) is 59.0 Å². The molecule has 208 valence electrons. The zero-order valence-corrected chi connectivity index (χ0v) is 23.1. The molecule has 3 aliphatic rings. The molecule has 0 radical (unpaired) electrons. The molecule has 0 bridgehead atoms. The Kier molecular flexibility index (Phi) is 7.09. The average Bonchev–Trinajstić information content (AvgIpc) is 3.72. The van der Waals surface area contributed by atoms with Crippen LogP contribution in [0.1, 0.15) is 64.4 Å². The fraction of sp³-hybridized carbons (Fsp3) is 0.406. The molecular formula is C32H35N3O5. The predicted octanol–water partition coefficient (Wildman–Crippen LogP) is 4.36. The van der Waals surface area contributed by atoms with Gasteiger partial charge in [0.1, 0.15) is 18.1 Å². The Balaban J connectivity index is 1.16. The van der Waals surface area contributed by atoms with Crippen molar-refractivity contribution in [3.63, 3.8) is 0 Å². The molecule has 1 saturated carbocycles. The van der Waals surface area contributed by atoms with Crippen LogP contribution in [0.25, 0.3) is 0 Å². The lowest BCUT2D eigenvalue weighted by Gasteiger charge is -2.38. The summed E-state index contributed by atoms with van der Waals surface area (Å²) >= 11 is 0. The Morgan fingerprint density at radius 1 is 0.900 bits per heavy atom. The van der Waals surface area contributed by atoms with Crippen LogP contribution in [-0.2, 0) is 22.6 Å². The number of benzene rings is 2. The highest BCUT2D eigenvalue weighted by Crippen LogP contribution is 2.41. The zero-order chi connectivity index (χ0) is 27.8. The Hall–Kier alpha value is -4.07. The molecule has 0 N–H and O–H groups in total. The maximum atomic E-state index is 13.3. The molecule has 1 aromatic heterocycles. The Morgan fingerprint density at radius 2 is 1.62 bits per heavy atom. The molecule has 8 nitrogen and oxygen atoms in total. The van der Waals surface area contributed by atoms with Gasteiger partial charge in [-0.2, -0.15) is 0 Å². The number of carbonyl (C=O) groups excluding carboxylic acids is 3. The van der Waals surface area contributed by atoms with E-state index >= 15 is 0 Å². The SMILES string of the molecule is CC(=O)N1CCN(C(=O)c2ccc(COc3ccc4c(c3)[C@H](c3ccc(C)cc3)N(C(=O)C3CC3)CC4)o2)CC1. The molecule has 40 heavy (non-hydrogen) atoms. The van der Waals surface area contributed by atoms with Crippen LogP contribution in [0, 0.1) is 12.8 Å². The second-order valence-corrected chi connectivity index (χ2v) is 11.1. The van der Waals surface area contributed by atoms with Gasteiger partial charge in [-0.15, -0.1) is 0 Å². The molecule has 3 amide bonds. The number of piperazine rings is 1. The number of carbonyl (C=O) groups is 3. The minimum absolute atomic E-state index is 0.0270. The smallest absolute Gasteiger partial charge is 0.289 e. The number of nitrogens with zero attached hydrogens (tertiary/aromatic N) is 3. The van der Waals surface area contributed by atoms with Gasteiger partial charge in [0.25, 0.3) is 5.91 Å². The largest absolute Gasteiger partial charge is 0.486 e. The predicted molar refractivity (Wildman–Crippen MR) is 149 cm³/mol. The summed E-state index contributed by atoms with van der Waals surface area (Å²) in [6.07, 6.45) is 2.78. The topological polar surface area (TPSA) is 83.3 Å². The van der Waals surface area contributed by atoms with Gasteiger partial charge in [-0.3, -0.25) is 14.4 Å². The number of hydrogen-bond acceptors (Lipinski definition) is 5. The number of rotatable bonds is 6. The molecule has 0 spiro atoms. The Bertz CT molecular complexity index is 1420. The molecule has 0 unspecified atom stereocenters. The highest BCUT2D eigenvalue weighted by atomic mass is 16.5. The molecule has 8 heteroatoms. The summed E-state index contributed by atoms with van der Waals surface area (Å²) in [5.41, 5.74) is 4.62. The number of amides is 3. The van der Waals surface area contributed by atoms with E-state index in [-0.39, 0.29) is 42.0 Å². The van der Waals surface area contributed by atoms with Gasteiger partial charge in [0.2, 0.25) is 11.8 Å². The van der Waals surface area contributed by atoms with E-state index in [1.807, 2.05) is 6.07 Å². The van der Waals surface area contributed by atoms with Gasteiger partial charge in [0.15, 0.2) is 5.76 Å². The van der Waals surface area contributed by atoms with Crippen molar-refractivity contribution < 1.29 is 23.5 Å². The van der Waals surface area contributed by atoms with Gasteiger partial charge in [0, 0.05) is 45.6 Å². The van der Waals surface area contributed by atoms with E-state index in [9.17, 15) is 14.4 Å². The number of furan rings is 1. The molecule has 1 saturated heterocycles. The van der Waals surface area contributed by atoms with E-state index in [1.54, 1.807) is 28.9 Å². The van der Waals surface area contributed by atoms with E-state index in [0.29, 0.717) is 44.2 Å². The first-order valence-corrected chi connectivity index (χ1v) is 14.1. The third kappa shape index (κ3) is 5.35. The molecule has 1 aliphatic carbocycles. The maximum absolute atomic E-state index is 13.3. The van der Waals surface area contributed by atoms with Crippen LogP contribution in [-0.4, -0.2) is 65.1 Å². The summed E-state index contributed by atoms with van der Waals surface area (Å²) in [4.78, 5) is 43.3. The lowest BCUT2D eigenvalue weighted by atomic mass is 9.87. The van der Waals surface area contributed by atoms with Crippen LogP contribution in [0.4, 0.5) is 0 Å². The van der Waals surface area contributed by atoms with Gasteiger partial charge in [0.05, 0.1) is 6.04 Å². The molecule has 2 aliphatic heterocycles. The van der Waals surface area contributed by atoms with Crippen LogP contribution < -0.4 is 4.74 Å². The average molecular weight is 542 g/mol. The normalized spacial score (nSPS) is 18.9. The molecule has 2 fully saturated rings. The number of hydrogen-bond donors (Lipinski definition) is 0. The minimum atomic E-state index is -0.176. The quantitative estimate of drug-likeness (QED) is 0.463. The standard InChI is InChI=1S/C32H35N3O5/c1-21-3-5-24(6-4-21)30-28-19-26(10-9-23(28)13-14-35(30)31(37)25-7-8-25)39-20-27-11-12-29(40-27)32(38)34-17-15-33(16-18-34)22(2)36/h3-6,9-12,19,25,30H,7-8,13-18,20H2,1-2H3/t30-/m0/s1. The highest BCUT2D eigenvalue weighted by Gasteiger charge is 2.39. The number of ether oxygens (including phenoxy) is 1. The van der Waals surface area contributed by atoms with Gasteiger partial charge in [-0.25, -0.2) is 0 Å². The summed E-state index contributed by atoms with van der Waals surface area (Å²) in [5, 5.41) is 0. The molecule has 3 heterocycles. The van der Waals surface area contributed by atoms with Crippen molar-refractivity contribution >= 4 is 17.7 Å².